The zero-order valence-corrected chi connectivity index (χ0v) is 10.8. The number of allylic oxidation sites excluding steroid dienone is 2. The molecule has 0 saturated heterocycles. The van der Waals surface area contributed by atoms with Crippen molar-refractivity contribution in [3.05, 3.63) is 66.8 Å². The summed E-state index contributed by atoms with van der Waals surface area (Å²) in [6.45, 7) is 0.847. The van der Waals surface area contributed by atoms with Gasteiger partial charge in [-0.15, -0.1) is 0 Å². The van der Waals surface area contributed by atoms with Crippen molar-refractivity contribution in [3.63, 3.8) is 0 Å². The lowest BCUT2D eigenvalue weighted by molar-refractivity contribution is 1.07. The molecule has 1 aliphatic rings. The fourth-order valence-electron chi connectivity index (χ4n) is 2.07. The summed E-state index contributed by atoms with van der Waals surface area (Å²) in [7, 11) is 0. The number of hydrogen-bond acceptors (Lipinski definition) is 4. The molecule has 0 unspecified atom stereocenters. The summed E-state index contributed by atoms with van der Waals surface area (Å²) in [5.41, 5.74) is 3.21. The van der Waals surface area contributed by atoms with Gasteiger partial charge in [0.05, 0.1) is 5.69 Å². The Hall–Kier alpha value is -2.93. The van der Waals surface area contributed by atoms with Gasteiger partial charge in [0.15, 0.2) is 0 Å². The van der Waals surface area contributed by atoms with E-state index in [1.54, 1.807) is 18.5 Å². The highest BCUT2D eigenvalue weighted by molar-refractivity contribution is 5.66. The van der Waals surface area contributed by atoms with Crippen LogP contribution in [0.5, 0.6) is 0 Å². The largest absolute Gasteiger partial charge is 0.344 e. The number of nitriles is 1. The second-order valence-corrected chi connectivity index (χ2v) is 4.36. The summed E-state index contributed by atoms with van der Waals surface area (Å²) < 4.78 is 0. The van der Waals surface area contributed by atoms with Gasteiger partial charge in [0.25, 0.3) is 0 Å². The van der Waals surface area contributed by atoms with E-state index in [0.717, 1.165) is 23.5 Å². The van der Waals surface area contributed by atoms with Crippen molar-refractivity contribution in [1.82, 2.24) is 9.97 Å². The first-order valence-corrected chi connectivity index (χ1v) is 6.29. The molecule has 0 bridgehead atoms. The minimum Gasteiger partial charge on any atom is -0.344 e. The third-order valence-corrected chi connectivity index (χ3v) is 3.06. The van der Waals surface area contributed by atoms with Crippen LogP contribution in [0.3, 0.4) is 0 Å². The van der Waals surface area contributed by atoms with E-state index in [9.17, 15) is 0 Å². The Morgan fingerprint density at radius 2 is 2.00 bits per heavy atom. The highest BCUT2D eigenvalue weighted by Gasteiger charge is 2.07. The summed E-state index contributed by atoms with van der Waals surface area (Å²) in [6, 6.07) is 9.64. The van der Waals surface area contributed by atoms with Gasteiger partial charge in [-0.3, -0.25) is 4.98 Å². The first kappa shape index (κ1) is 12.1. The molecule has 0 N–H and O–H groups in total. The summed E-state index contributed by atoms with van der Waals surface area (Å²) >= 11 is 0. The third kappa shape index (κ3) is 2.43. The van der Waals surface area contributed by atoms with Crippen molar-refractivity contribution in [3.8, 4) is 17.3 Å². The minimum absolute atomic E-state index is 0.399. The van der Waals surface area contributed by atoms with Crippen molar-refractivity contribution in [2.75, 3.05) is 11.4 Å². The Kier molecular flexibility index (Phi) is 3.25. The Bertz CT molecular complexity index is 725. The molecule has 0 radical (unpaired) electrons. The van der Waals surface area contributed by atoms with Crippen LogP contribution in [-0.2, 0) is 0 Å². The number of pyridine rings is 2. The minimum atomic E-state index is 0.399. The second-order valence-electron chi connectivity index (χ2n) is 4.36. The Morgan fingerprint density at radius 3 is 2.80 bits per heavy atom. The third-order valence-electron chi connectivity index (χ3n) is 3.06. The van der Waals surface area contributed by atoms with Crippen molar-refractivity contribution in [2.24, 2.45) is 0 Å². The first-order valence-electron chi connectivity index (χ1n) is 6.29. The molecule has 4 heteroatoms. The van der Waals surface area contributed by atoms with Gasteiger partial charge in [-0.05, 0) is 30.3 Å². The van der Waals surface area contributed by atoms with E-state index in [2.05, 4.69) is 20.9 Å². The SMILES string of the molecule is N#Cc1cc(-c2cc(N3C=CC=CC3)ccn2)ccn1. The second kappa shape index (κ2) is 5.37. The molecule has 0 saturated carbocycles. The Balaban J connectivity index is 1.96. The summed E-state index contributed by atoms with van der Waals surface area (Å²) in [4.78, 5) is 10.5. The quantitative estimate of drug-likeness (QED) is 0.833. The molecule has 3 heterocycles. The van der Waals surface area contributed by atoms with Gasteiger partial charge in [0, 0.05) is 36.4 Å². The summed E-state index contributed by atoms with van der Waals surface area (Å²) in [5.74, 6) is 0. The number of aromatic nitrogens is 2. The lowest BCUT2D eigenvalue weighted by Crippen LogP contribution is -2.17. The van der Waals surface area contributed by atoms with E-state index >= 15 is 0 Å². The van der Waals surface area contributed by atoms with Crippen LogP contribution in [0.1, 0.15) is 5.69 Å². The van der Waals surface area contributed by atoms with E-state index < -0.39 is 0 Å². The lowest BCUT2D eigenvalue weighted by Gasteiger charge is -2.20. The maximum absolute atomic E-state index is 8.91. The summed E-state index contributed by atoms with van der Waals surface area (Å²) in [5, 5.41) is 8.91. The molecule has 2 aromatic rings. The van der Waals surface area contributed by atoms with E-state index in [-0.39, 0.29) is 0 Å². The van der Waals surface area contributed by atoms with Crippen molar-refractivity contribution < 1.29 is 0 Å². The van der Waals surface area contributed by atoms with E-state index in [1.165, 1.54) is 0 Å². The molecule has 0 amide bonds. The van der Waals surface area contributed by atoms with E-state index in [0.29, 0.717) is 5.69 Å². The molecule has 2 aromatic heterocycles. The topological polar surface area (TPSA) is 52.8 Å². The van der Waals surface area contributed by atoms with Crippen LogP contribution in [0.4, 0.5) is 5.69 Å². The van der Waals surface area contributed by atoms with Gasteiger partial charge in [-0.25, -0.2) is 4.98 Å². The first-order chi connectivity index (χ1) is 9.86. The summed E-state index contributed by atoms with van der Waals surface area (Å²) in [6.07, 6.45) is 11.6. The number of anilines is 1. The molecule has 96 valence electrons. The van der Waals surface area contributed by atoms with Crippen LogP contribution in [0, 0.1) is 11.3 Å². The number of rotatable bonds is 2. The molecule has 4 nitrogen and oxygen atoms in total. The molecule has 20 heavy (non-hydrogen) atoms. The zero-order chi connectivity index (χ0) is 13.8. The van der Waals surface area contributed by atoms with Crippen LogP contribution in [0.15, 0.2) is 61.1 Å². The molecule has 0 atom stereocenters. The molecule has 3 rings (SSSR count). The monoisotopic (exact) mass is 260 g/mol. The van der Waals surface area contributed by atoms with Gasteiger partial charge in [-0.2, -0.15) is 5.26 Å². The molecular weight excluding hydrogens is 248 g/mol. The lowest BCUT2D eigenvalue weighted by atomic mass is 10.1. The van der Waals surface area contributed by atoms with Crippen LogP contribution in [0.2, 0.25) is 0 Å². The predicted molar refractivity (Wildman–Crippen MR) is 77.8 cm³/mol. The average molecular weight is 260 g/mol. The van der Waals surface area contributed by atoms with Gasteiger partial charge in [0.2, 0.25) is 0 Å². The van der Waals surface area contributed by atoms with Crippen LogP contribution in [-0.4, -0.2) is 16.5 Å². The maximum Gasteiger partial charge on any atom is 0.141 e. The molecule has 1 aliphatic heterocycles. The van der Waals surface area contributed by atoms with Gasteiger partial charge in [-0.1, -0.05) is 12.2 Å². The Labute approximate surface area is 117 Å². The highest BCUT2D eigenvalue weighted by atomic mass is 15.1. The fourth-order valence-corrected chi connectivity index (χ4v) is 2.07. The Morgan fingerprint density at radius 1 is 1.10 bits per heavy atom. The number of hydrogen-bond donors (Lipinski definition) is 0. The van der Waals surface area contributed by atoms with Gasteiger partial charge in [0.1, 0.15) is 11.8 Å². The normalized spacial score (nSPS) is 13.2. The van der Waals surface area contributed by atoms with Gasteiger partial charge >= 0.3 is 0 Å². The van der Waals surface area contributed by atoms with Crippen LogP contribution >= 0.6 is 0 Å². The van der Waals surface area contributed by atoms with Crippen LogP contribution < -0.4 is 4.90 Å². The van der Waals surface area contributed by atoms with Crippen molar-refractivity contribution >= 4 is 5.69 Å². The maximum atomic E-state index is 8.91. The fraction of sp³-hybridized carbons (Fsp3) is 0.0625. The van der Waals surface area contributed by atoms with E-state index in [4.69, 9.17) is 5.26 Å². The molecule has 0 aliphatic carbocycles. The standard InChI is InChI=1S/C16H12N4/c17-12-14-10-13(4-6-18-14)16-11-15(5-7-19-16)20-8-2-1-3-9-20/h1-8,10-11H,9H2. The van der Waals surface area contributed by atoms with E-state index in [1.807, 2.05) is 42.6 Å². The highest BCUT2D eigenvalue weighted by Crippen LogP contribution is 2.23. The van der Waals surface area contributed by atoms with Crippen molar-refractivity contribution in [1.29, 1.82) is 5.26 Å². The molecular formula is C16H12N4. The predicted octanol–water partition coefficient (Wildman–Crippen LogP) is 2.91. The molecule has 0 spiro atoms. The number of nitrogens with zero attached hydrogens (tertiary/aromatic N) is 4. The average Bonchev–Trinajstić information content (AvgIpc) is 2.56. The zero-order valence-electron chi connectivity index (χ0n) is 10.8. The molecule has 0 fully saturated rings. The van der Waals surface area contributed by atoms with Crippen LogP contribution in [0.25, 0.3) is 11.3 Å². The molecule has 0 aromatic carbocycles. The van der Waals surface area contributed by atoms with Crippen molar-refractivity contribution in [2.45, 2.75) is 0 Å². The smallest absolute Gasteiger partial charge is 0.141 e. The van der Waals surface area contributed by atoms with Gasteiger partial charge < -0.3 is 4.90 Å².